The van der Waals surface area contributed by atoms with E-state index in [9.17, 15) is 0 Å². The molecule has 0 aliphatic carbocycles. The molecule has 0 aromatic heterocycles. The quantitative estimate of drug-likeness (QED) is 0.298. The van der Waals surface area contributed by atoms with E-state index in [0.29, 0.717) is 0 Å². The minimum absolute atomic E-state index is 1.06. The van der Waals surface area contributed by atoms with Crippen LogP contribution in [0.15, 0.2) is 94.7 Å². The van der Waals surface area contributed by atoms with Gasteiger partial charge in [0.1, 0.15) is 0 Å². The lowest BCUT2D eigenvalue weighted by Gasteiger charge is -2.22. The van der Waals surface area contributed by atoms with Crippen molar-refractivity contribution in [2.24, 2.45) is 0 Å². The predicted molar refractivity (Wildman–Crippen MR) is 128 cm³/mol. The van der Waals surface area contributed by atoms with Crippen molar-refractivity contribution in [3.8, 4) is 22.3 Å². The predicted octanol–water partition coefficient (Wildman–Crippen LogP) is 8.40. The van der Waals surface area contributed by atoms with Crippen LogP contribution in [0.2, 0.25) is 0 Å². The highest BCUT2D eigenvalue weighted by Crippen LogP contribution is 2.49. The highest BCUT2D eigenvalue weighted by molar-refractivity contribution is 8.02. The van der Waals surface area contributed by atoms with Crippen LogP contribution in [-0.4, -0.2) is 11.5 Å². The average Bonchev–Trinajstić information content (AvgIpc) is 2.75. The molecule has 0 nitrogen and oxygen atoms in total. The normalized spacial score (nSPS) is 11.1. The summed E-state index contributed by atoms with van der Waals surface area (Å²) in [5.41, 5.74) is 5.34. The fourth-order valence-corrected chi connectivity index (χ4v) is 5.88. The largest absolute Gasteiger partial charge is 0.125 e. The molecule has 0 heterocycles. The first-order valence-corrected chi connectivity index (χ1v) is 11.8. The fraction of sp³-hybridized carbons (Fsp3) is 0.154. The number of hydrogen-bond donors (Lipinski definition) is 0. The molecule has 140 valence electrons. The van der Waals surface area contributed by atoms with Gasteiger partial charge in [-0.05, 0) is 33.4 Å². The lowest BCUT2D eigenvalue weighted by molar-refractivity contribution is 1.27. The van der Waals surface area contributed by atoms with Gasteiger partial charge in [0.05, 0.1) is 0 Å². The van der Waals surface area contributed by atoms with Crippen molar-refractivity contribution in [1.82, 2.24) is 0 Å². The molecule has 0 amide bonds. The van der Waals surface area contributed by atoms with Crippen LogP contribution in [0.1, 0.15) is 13.8 Å². The molecule has 0 radical (unpaired) electrons. The molecular formula is C26H24S2. The second-order valence-corrected chi connectivity index (χ2v) is 9.10. The Bertz CT molecular complexity index is 982. The maximum absolute atomic E-state index is 2.28. The summed E-state index contributed by atoms with van der Waals surface area (Å²) in [6, 6.07) is 30.6. The van der Waals surface area contributed by atoms with Crippen LogP contribution in [0.5, 0.6) is 0 Å². The zero-order valence-corrected chi connectivity index (χ0v) is 17.9. The first-order valence-electron chi connectivity index (χ1n) is 9.80. The van der Waals surface area contributed by atoms with Crippen molar-refractivity contribution in [3.63, 3.8) is 0 Å². The Labute approximate surface area is 176 Å². The van der Waals surface area contributed by atoms with Crippen molar-refractivity contribution >= 4 is 34.3 Å². The Morgan fingerprint density at radius 3 is 1.21 bits per heavy atom. The van der Waals surface area contributed by atoms with E-state index in [4.69, 9.17) is 0 Å². The highest BCUT2D eigenvalue weighted by Gasteiger charge is 2.21. The minimum atomic E-state index is 1.06. The highest BCUT2D eigenvalue weighted by atomic mass is 32.2. The van der Waals surface area contributed by atoms with Crippen LogP contribution in [0.25, 0.3) is 33.0 Å². The van der Waals surface area contributed by atoms with Crippen LogP contribution in [0.3, 0.4) is 0 Å². The molecular weight excluding hydrogens is 376 g/mol. The molecule has 4 rings (SSSR count). The smallest absolute Gasteiger partial charge is 0.0299 e. The van der Waals surface area contributed by atoms with E-state index in [2.05, 4.69) is 98.8 Å². The van der Waals surface area contributed by atoms with E-state index in [1.807, 2.05) is 23.5 Å². The molecule has 4 aromatic carbocycles. The van der Waals surface area contributed by atoms with E-state index < -0.39 is 0 Å². The zero-order valence-electron chi connectivity index (χ0n) is 16.3. The molecule has 2 heteroatoms. The summed E-state index contributed by atoms with van der Waals surface area (Å²) in [6.07, 6.45) is 0. The molecule has 4 aromatic rings. The van der Waals surface area contributed by atoms with Crippen molar-refractivity contribution < 1.29 is 0 Å². The van der Waals surface area contributed by atoms with Gasteiger partial charge >= 0.3 is 0 Å². The summed E-state index contributed by atoms with van der Waals surface area (Å²) in [5.74, 6) is 2.12. The monoisotopic (exact) mass is 400 g/mol. The third-order valence-electron chi connectivity index (χ3n) is 4.83. The average molecular weight is 401 g/mol. The summed E-state index contributed by atoms with van der Waals surface area (Å²) >= 11 is 3.93. The molecule has 0 bridgehead atoms. The van der Waals surface area contributed by atoms with Gasteiger partial charge in [-0.2, -0.15) is 0 Å². The Morgan fingerprint density at radius 2 is 0.857 bits per heavy atom. The van der Waals surface area contributed by atoms with Crippen LogP contribution < -0.4 is 0 Å². The van der Waals surface area contributed by atoms with Crippen LogP contribution in [0, 0.1) is 0 Å². The maximum atomic E-state index is 2.28. The van der Waals surface area contributed by atoms with E-state index in [1.165, 1.54) is 42.8 Å². The van der Waals surface area contributed by atoms with Gasteiger partial charge in [0.2, 0.25) is 0 Å². The van der Waals surface area contributed by atoms with Gasteiger partial charge < -0.3 is 0 Å². The molecule has 0 aliphatic heterocycles. The molecule has 0 saturated carbocycles. The zero-order chi connectivity index (χ0) is 19.3. The lowest BCUT2D eigenvalue weighted by Crippen LogP contribution is -1.95. The molecule has 0 aliphatic rings. The number of hydrogen-bond acceptors (Lipinski definition) is 2. The van der Waals surface area contributed by atoms with E-state index >= 15 is 0 Å². The van der Waals surface area contributed by atoms with Gasteiger partial charge in [0, 0.05) is 20.9 Å². The third kappa shape index (κ3) is 3.59. The number of thioether (sulfide) groups is 2. The number of fused-ring (bicyclic) bond motifs is 1. The molecule has 0 N–H and O–H groups in total. The van der Waals surface area contributed by atoms with Crippen LogP contribution in [-0.2, 0) is 0 Å². The van der Waals surface area contributed by atoms with Gasteiger partial charge in [-0.1, -0.05) is 98.8 Å². The molecule has 0 unspecified atom stereocenters. The van der Waals surface area contributed by atoms with Crippen molar-refractivity contribution in [2.75, 3.05) is 11.5 Å². The van der Waals surface area contributed by atoms with Crippen molar-refractivity contribution in [2.45, 2.75) is 23.6 Å². The maximum Gasteiger partial charge on any atom is 0.0299 e. The molecule has 28 heavy (non-hydrogen) atoms. The summed E-state index contributed by atoms with van der Waals surface area (Å²) in [5, 5.41) is 2.67. The van der Waals surface area contributed by atoms with Gasteiger partial charge in [0.15, 0.2) is 0 Å². The molecule has 0 fully saturated rings. The Balaban J connectivity index is 2.17. The minimum Gasteiger partial charge on any atom is -0.125 e. The van der Waals surface area contributed by atoms with Gasteiger partial charge in [-0.25, -0.2) is 0 Å². The summed E-state index contributed by atoms with van der Waals surface area (Å²) in [4.78, 5) is 2.83. The molecule has 0 atom stereocenters. The summed E-state index contributed by atoms with van der Waals surface area (Å²) < 4.78 is 0. The third-order valence-corrected chi connectivity index (χ3v) is 6.93. The standard InChI is InChI=1S/C26H24S2/c1-3-27-25-23(19-13-7-5-8-14-19)21-17-11-12-18-22(21)24(26(25)28-4-2)20-15-9-6-10-16-20/h5-18H,3-4H2,1-2H3. The summed E-state index contributed by atoms with van der Waals surface area (Å²) in [7, 11) is 0. The van der Waals surface area contributed by atoms with Crippen LogP contribution >= 0.6 is 23.5 Å². The van der Waals surface area contributed by atoms with E-state index in [1.54, 1.807) is 0 Å². The van der Waals surface area contributed by atoms with Gasteiger partial charge in [0.25, 0.3) is 0 Å². The second kappa shape index (κ2) is 8.89. The first kappa shape index (κ1) is 19.2. The number of benzene rings is 4. The topological polar surface area (TPSA) is 0 Å². The number of rotatable bonds is 6. The fourth-order valence-electron chi connectivity index (χ4n) is 3.74. The van der Waals surface area contributed by atoms with Crippen molar-refractivity contribution in [1.29, 1.82) is 0 Å². The molecule has 0 spiro atoms. The van der Waals surface area contributed by atoms with Crippen molar-refractivity contribution in [3.05, 3.63) is 84.9 Å². The first-order chi connectivity index (χ1) is 13.8. The second-order valence-electron chi connectivity index (χ2n) is 6.55. The lowest BCUT2D eigenvalue weighted by atomic mass is 9.92. The van der Waals surface area contributed by atoms with Crippen LogP contribution in [0.4, 0.5) is 0 Å². The Morgan fingerprint density at radius 1 is 0.500 bits per heavy atom. The van der Waals surface area contributed by atoms with Gasteiger partial charge in [-0.3, -0.25) is 0 Å². The molecule has 0 saturated heterocycles. The SMILES string of the molecule is CCSc1c(SCC)c(-c2ccccc2)c2ccccc2c1-c1ccccc1. The Hall–Kier alpha value is -2.16. The van der Waals surface area contributed by atoms with Gasteiger partial charge in [-0.15, -0.1) is 23.5 Å². The van der Waals surface area contributed by atoms with E-state index in [-0.39, 0.29) is 0 Å². The van der Waals surface area contributed by atoms with E-state index in [0.717, 1.165) is 11.5 Å². The Kier molecular flexibility index (Phi) is 6.09. The summed E-state index contributed by atoms with van der Waals surface area (Å²) in [6.45, 7) is 4.49.